The first-order valence-electron chi connectivity index (χ1n) is 6.82. The molecule has 18 heavy (non-hydrogen) atoms. The molecule has 2 amide bonds. The lowest BCUT2D eigenvalue weighted by atomic mass is 9.92. The molecule has 1 N–H and O–H groups in total. The smallest absolute Gasteiger partial charge is 0.242 e. The van der Waals surface area contributed by atoms with Gasteiger partial charge in [0.2, 0.25) is 11.8 Å². The third-order valence-electron chi connectivity index (χ3n) is 3.74. The van der Waals surface area contributed by atoms with Crippen LogP contribution in [0.4, 0.5) is 0 Å². The summed E-state index contributed by atoms with van der Waals surface area (Å²) in [4.78, 5) is 27.4. The van der Waals surface area contributed by atoms with E-state index in [0.29, 0.717) is 24.9 Å². The molecule has 0 saturated carbocycles. The van der Waals surface area contributed by atoms with Gasteiger partial charge >= 0.3 is 0 Å². The second-order valence-corrected chi connectivity index (χ2v) is 5.74. The van der Waals surface area contributed by atoms with Crippen LogP contribution >= 0.6 is 0 Å². The lowest BCUT2D eigenvalue weighted by molar-refractivity contribution is -0.142. The van der Waals surface area contributed by atoms with Crippen molar-refractivity contribution in [2.75, 3.05) is 39.3 Å². The number of rotatable bonds is 2. The van der Waals surface area contributed by atoms with Gasteiger partial charge in [-0.25, -0.2) is 0 Å². The van der Waals surface area contributed by atoms with Crippen LogP contribution in [0.15, 0.2) is 0 Å². The van der Waals surface area contributed by atoms with Gasteiger partial charge < -0.3 is 15.1 Å². The molecule has 2 rings (SSSR count). The molecule has 0 aliphatic carbocycles. The van der Waals surface area contributed by atoms with Gasteiger partial charge in [0.15, 0.2) is 0 Å². The Morgan fingerprint density at radius 3 is 2.61 bits per heavy atom. The van der Waals surface area contributed by atoms with Gasteiger partial charge in [-0.15, -0.1) is 0 Å². The summed E-state index contributed by atoms with van der Waals surface area (Å²) in [7, 11) is 0. The number of nitrogens with zero attached hydrogens (tertiary/aromatic N) is 2. The van der Waals surface area contributed by atoms with Gasteiger partial charge in [-0.1, -0.05) is 13.8 Å². The van der Waals surface area contributed by atoms with Gasteiger partial charge in [0, 0.05) is 26.2 Å². The maximum Gasteiger partial charge on any atom is 0.242 e. The molecular formula is C13H23N3O2. The predicted octanol–water partition coefficient (Wildman–Crippen LogP) is -0.0773. The molecule has 2 atom stereocenters. The van der Waals surface area contributed by atoms with E-state index >= 15 is 0 Å². The molecule has 2 saturated heterocycles. The fourth-order valence-corrected chi connectivity index (χ4v) is 2.94. The van der Waals surface area contributed by atoms with Crippen molar-refractivity contribution in [3.8, 4) is 0 Å². The molecule has 2 heterocycles. The number of hydrogen-bond acceptors (Lipinski definition) is 3. The standard InChI is InChI=1S/C13H23N3O2/c1-10-5-11(2)8-16(7-10)13(18)9-15-4-3-14-6-12(15)17/h10-11,14H,3-9H2,1-2H3. The lowest BCUT2D eigenvalue weighted by Gasteiger charge is -2.36. The Morgan fingerprint density at radius 1 is 1.33 bits per heavy atom. The molecule has 2 unspecified atom stereocenters. The van der Waals surface area contributed by atoms with Gasteiger partial charge in [-0.3, -0.25) is 9.59 Å². The normalized spacial score (nSPS) is 29.6. The minimum absolute atomic E-state index is 0.0349. The molecule has 0 radical (unpaired) electrons. The average Bonchev–Trinajstić information content (AvgIpc) is 2.31. The van der Waals surface area contributed by atoms with E-state index in [4.69, 9.17) is 0 Å². The monoisotopic (exact) mass is 253 g/mol. The topological polar surface area (TPSA) is 52.7 Å². The highest BCUT2D eigenvalue weighted by Gasteiger charge is 2.28. The third-order valence-corrected chi connectivity index (χ3v) is 3.74. The molecule has 0 spiro atoms. The summed E-state index contributed by atoms with van der Waals surface area (Å²) in [5, 5.41) is 3.02. The first kappa shape index (κ1) is 13.3. The maximum absolute atomic E-state index is 12.2. The highest BCUT2D eigenvalue weighted by Crippen LogP contribution is 2.21. The first-order valence-corrected chi connectivity index (χ1v) is 6.82. The zero-order valence-corrected chi connectivity index (χ0v) is 11.3. The molecule has 5 heteroatoms. The molecule has 0 bridgehead atoms. The van der Waals surface area contributed by atoms with Crippen LogP contribution in [0.3, 0.4) is 0 Å². The number of nitrogens with one attached hydrogen (secondary N) is 1. The van der Waals surface area contributed by atoms with E-state index in [1.807, 2.05) is 4.90 Å². The Kier molecular flexibility index (Phi) is 4.22. The molecule has 0 aromatic carbocycles. The van der Waals surface area contributed by atoms with E-state index in [9.17, 15) is 9.59 Å². The summed E-state index contributed by atoms with van der Waals surface area (Å²) in [6.45, 7) is 8.08. The van der Waals surface area contributed by atoms with Crippen molar-refractivity contribution in [3.63, 3.8) is 0 Å². The van der Waals surface area contributed by atoms with Crippen molar-refractivity contribution in [1.82, 2.24) is 15.1 Å². The molecule has 102 valence electrons. The first-order chi connectivity index (χ1) is 8.56. The van der Waals surface area contributed by atoms with E-state index in [0.717, 1.165) is 19.6 Å². The Labute approximate surface area is 108 Å². The van der Waals surface area contributed by atoms with E-state index in [1.54, 1.807) is 4.90 Å². The molecule has 0 aromatic rings. The molecule has 0 aromatic heterocycles. The average molecular weight is 253 g/mol. The SMILES string of the molecule is CC1CC(C)CN(C(=O)CN2CCNCC2=O)C1. The van der Waals surface area contributed by atoms with E-state index in [-0.39, 0.29) is 18.4 Å². The predicted molar refractivity (Wildman–Crippen MR) is 69.0 cm³/mol. The number of likely N-dealkylation sites (tertiary alicyclic amines) is 1. The van der Waals surface area contributed by atoms with Crippen LogP contribution in [0.25, 0.3) is 0 Å². The Morgan fingerprint density at radius 2 is 2.00 bits per heavy atom. The Bertz CT molecular complexity index is 322. The minimum atomic E-state index is 0.0349. The van der Waals surface area contributed by atoms with Crippen LogP contribution in [0, 0.1) is 11.8 Å². The summed E-state index contributed by atoms with van der Waals surface area (Å²) in [6, 6.07) is 0. The lowest BCUT2D eigenvalue weighted by Crippen LogP contribution is -2.53. The van der Waals surface area contributed by atoms with E-state index < -0.39 is 0 Å². The second kappa shape index (κ2) is 5.69. The van der Waals surface area contributed by atoms with Crippen LogP contribution in [-0.4, -0.2) is 60.9 Å². The highest BCUT2D eigenvalue weighted by atomic mass is 16.2. The number of piperazine rings is 1. The van der Waals surface area contributed by atoms with Crippen LogP contribution in [0.5, 0.6) is 0 Å². The second-order valence-electron chi connectivity index (χ2n) is 5.74. The van der Waals surface area contributed by atoms with Crippen LogP contribution in [0.1, 0.15) is 20.3 Å². The van der Waals surface area contributed by atoms with Gasteiger partial charge in [0.1, 0.15) is 0 Å². The van der Waals surface area contributed by atoms with Crippen molar-refractivity contribution >= 4 is 11.8 Å². The van der Waals surface area contributed by atoms with Gasteiger partial charge in [-0.2, -0.15) is 0 Å². The minimum Gasteiger partial charge on any atom is -0.341 e. The summed E-state index contributed by atoms with van der Waals surface area (Å²) < 4.78 is 0. The maximum atomic E-state index is 12.2. The number of piperidine rings is 1. The zero-order chi connectivity index (χ0) is 13.1. The number of hydrogen-bond donors (Lipinski definition) is 1. The number of amides is 2. The third kappa shape index (κ3) is 3.22. The number of carbonyl (C=O) groups excluding carboxylic acids is 2. The zero-order valence-electron chi connectivity index (χ0n) is 11.3. The largest absolute Gasteiger partial charge is 0.341 e. The van der Waals surface area contributed by atoms with Crippen molar-refractivity contribution in [3.05, 3.63) is 0 Å². The molecule has 2 aliphatic rings. The van der Waals surface area contributed by atoms with Crippen LogP contribution in [-0.2, 0) is 9.59 Å². The van der Waals surface area contributed by atoms with Gasteiger partial charge in [0.25, 0.3) is 0 Å². The van der Waals surface area contributed by atoms with Gasteiger partial charge in [0.05, 0.1) is 13.1 Å². The highest BCUT2D eigenvalue weighted by molar-refractivity contribution is 5.86. The van der Waals surface area contributed by atoms with Crippen molar-refractivity contribution in [2.45, 2.75) is 20.3 Å². The fraction of sp³-hybridized carbons (Fsp3) is 0.846. The van der Waals surface area contributed by atoms with Crippen LogP contribution in [0.2, 0.25) is 0 Å². The quantitative estimate of drug-likeness (QED) is 0.749. The molecular weight excluding hydrogens is 230 g/mol. The summed E-state index contributed by atoms with van der Waals surface area (Å²) in [5.41, 5.74) is 0. The van der Waals surface area contributed by atoms with Crippen molar-refractivity contribution in [1.29, 1.82) is 0 Å². The molecule has 2 fully saturated rings. The summed E-state index contributed by atoms with van der Waals surface area (Å²) in [5.74, 6) is 1.27. The van der Waals surface area contributed by atoms with E-state index in [1.165, 1.54) is 6.42 Å². The Hall–Kier alpha value is -1.10. The van der Waals surface area contributed by atoms with E-state index in [2.05, 4.69) is 19.2 Å². The molecule has 2 aliphatic heterocycles. The van der Waals surface area contributed by atoms with Crippen molar-refractivity contribution < 1.29 is 9.59 Å². The summed E-state index contributed by atoms with van der Waals surface area (Å²) in [6.07, 6.45) is 1.19. The fourth-order valence-electron chi connectivity index (χ4n) is 2.94. The molecule has 5 nitrogen and oxygen atoms in total. The van der Waals surface area contributed by atoms with Gasteiger partial charge in [-0.05, 0) is 18.3 Å². The Balaban J connectivity index is 1.88. The van der Waals surface area contributed by atoms with Crippen molar-refractivity contribution in [2.24, 2.45) is 11.8 Å². The summed E-state index contributed by atoms with van der Waals surface area (Å²) >= 11 is 0. The number of carbonyl (C=O) groups is 2. The van der Waals surface area contributed by atoms with Crippen LogP contribution < -0.4 is 5.32 Å².